The Hall–Kier alpha value is -2.18. The molecule has 2 rings (SSSR count). The zero-order valence-electron chi connectivity index (χ0n) is 12.1. The van der Waals surface area contributed by atoms with Crippen molar-refractivity contribution in [2.24, 2.45) is 5.92 Å². The normalized spacial score (nSPS) is 15.9. The largest absolute Gasteiger partial charge is 0.366 e. The maximum absolute atomic E-state index is 13.2. The van der Waals surface area contributed by atoms with Crippen molar-refractivity contribution in [3.63, 3.8) is 0 Å². The lowest BCUT2D eigenvalue weighted by Crippen LogP contribution is -2.40. The number of carbonyl (C=O) groups is 1. The molecular formula is C14H18FN3O3. The van der Waals surface area contributed by atoms with Crippen molar-refractivity contribution < 1.29 is 14.1 Å². The molecule has 0 aliphatic carbocycles. The van der Waals surface area contributed by atoms with Gasteiger partial charge in [0.15, 0.2) is 0 Å². The van der Waals surface area contributed by atoms with Gasteiger partial charge in [-0.3, -0.25) is 14.9 Å². The van der Waals surface area contributed by atoms with Crippen LogP contribution in [-0.2, 0) is 4.79 Å². The quantitative estimate of drug-likeness (QED) is 0.632. The maximum Gasteiger partial charge on any atom is 0.295 e. The van der Waals surface area contributed by atoms with Crippen LogP contribution in [0.2, 0.25) is 0 Å². The van der Waals surface area contributed by atoms with Crippen molar-refractivity contribution in [3.05, 3.63) is 34.1 Å². The summed E-state index contributed by atoms with van der Waals surface area (Å²) in [6.07, 6.45) is 1.29. The molecule has 1 aromatic rings. The Balaban J connectivity index is 2.13. The van der Waals surface area contributed by atoms with Crippen LogP contribution in [0.15, 0.2) is 18.2 Å². The molecule has 6 nitrogen and oxygen atoms in total. The SMILES string of the molecule is CN(C)C(=O)C1CCN(c2ccc(F)cc2[N+](=O)[O-])CC1. The average molecular weight is 295 g/mol. The third-order valence-electron chi connectivity index (χ3n) is 3.76. The van der Waals surface area contributed by atoms with Gasteiger partial charge < -0.3 is 9.80 Å². The van der Waals surface area contributed by atoms with Crippen LogP contribution in [0.3, 0.4) is 0 Å². The van der Waals surface area contributed by atoms with E-state index in [0.29, 0.717) is 31.6 Å². The van der Waals surface area contributed by atoms with Gasteiger partial charge in [-0.1, -0.05) is 0 Å². The molecule has 1 aromatic carbocycles. The number of hydrogen-bond donors (Lipinski definition) is 0. The van der Waals surface area contributed by atoms with E-state index in [9.17, 15) is 19.3 Å². The number of benzene rings is 1. The second-order valence-corrected chi connectivity index (χ2v) is 5.38. The number of piperidine rings is 1. The van der Waals surface area contributed by atoms with Gasteiger partial charge >= 0.3 is 0 Å². The summed E-state index contributed by atoms with van der Waals surface area (Å²) >= 11 is 0. The molecule has 1 saturated heterocycles. The van der Waals surface area contributed by atoms with Gasteiger partial charge in [-0.25, -0.2) is 4.39 Å². The van der Waals surface area contributed by atoms with Gasteiger partial charge in [0.25, 0.3) is 5.69 Å². The van der Waals surface area contributed by atoms with Crippen molar-refractivity contribution in [2.45, 2.75) is 12.8 Å². The summed E-state index contributed by atoms with van der Waals surface area (Å²) < 4.78 is 13.2. The first-order valence-electron chi connectivity index (χ1n) is 6.80. The molecule has 0 radical (unpaired) electrons. The lowest BCUT2D eigenvalue weighted by Gasteiger charge is -2.33. The molecule has 1 aliphatic heterocycles. The Bertz CT molecular complexity index is 554. The molecular weight excluding hydrogens is 277 g/mol. The molecule has 1 amide bonds. The molecule has 7 heteroatoms. The molecule has 21 heavy (non-hydrogen) atoms. The number of hydrogen-bond acceptors (Lipinski definition) is 4. The number of anilines is 1. The van der Waals surface area contributed by atoms with E-state index >= 15 is 0 Å². The van der Waals surface area contributed by atoms with E-state index in [4.69, 9.17) is 0 Å². The third kappa shape index (κ3) is 3.29. The standard InChI is InChI=1S/C14H18FN3O3/c1-16(2)14(19)10-5-7-17(8-6-10)12-4-3-11(15)9-13(12)18(20)21/h3-4,9-10H,5-8H2,1-2H3. The van der Waals surface area contributed by atoms with Crippen molar-refractivity contribution >= 4 is 17.3 Å². The number of carbonyl (C=O) groups excluding carboxylic acids is 1. The Morgan fingerprint density at radius 3 is 2.52 bits per heavy atom. The highest BCUT2D eigenvalue weighted by Gasteiger charge is 2.29. The Labute approximate surface area is 122 Å². The average Bonchev–Trinajstić information content (AvgIpc) is 2.46. The molecule has 0 atom stereocenters. The van der Waals surface area contributed by atoms with Crippen molar-refractivity contribution in [3.8, 4) is 0 Å². The number of nitro groups is 1. The fourth-order valence-corrected chi connectivity index (χ4v) is 2.64. The second-order valence-electron chi connectivity index (χ2n) is 5.38. The van der Waals surface area contributed by atoms with Crippen LogP contribution in [-0.4, -0.2) is 42.9 Å². The smallest absolute Gasteiger partial charge is 0.295 e. The molecule has 0 unspecified atom stereocenters. The Morgan fingerprint density at radius 1 is 1.38 bits per heavy atom. The minimum Gasteiger partial charge on any atom is -0.366 e. The summed E-state index contributed by atoms with van der Waals surface area (Å²) in [5.41, 5.74) is 0.185. The predicted molar refractivity (Wildman–Crippen MR) is 76.7 cm³/mol. The molecule has 1 heterocycles. The zero-order valence-corrected chi connectivity index (χ0v) is 12.1. The second kappa shape index (κ2) is 6.07. The van der Waals surface area contributed by atoms with E-state index in [1.54, 1.807) is 19.0 Å². The van der Waals surface area contributed by atoms with Crippen LogP contribution in [0.5, 0.6) is 0 Å². The van der Waals surface area contributed by atoms with Gasteiger partial charge in [0.1, 0.15) is 11.5 Å². The summed E-state index contributed by atoms with van der Waals surface area (Å²) in [5, 5.41) is 11.0. The maximum atomic E-state index is 13.2. The zero-order chi connectivity index (χ0) is 15.6. The Kier molecular flexibility index (Phi) is 4.40. The van der Waals surface area contributed by atoms with E-state index < -0.39 is 10.7 Å². The van der Waals surface area contributed by atoms with Crippen molar-refractivity contribution in [2.75, 3.05) is 32.1 Å². The number of rotatable bonds is 3. The number of amides is 1. The van der Waals surface area contributed by atoms with E-state index in [1.165, 1.54) is 12.1 Å². The van der Waals surface area contributed by atoms with Crippen molar-refractivity contribution in [1.29, 1.82) is 0 Å². The minimum absolute atomic E-state index is 0.0456. The van der Waals surface area contributed by atoms with Gasteiger partial charge in [-0.2, -0.15) is 0 Å². The van der Waals surface area contributed by atoms with Crippen LogP contribution >= 0.6 is 0 Å². The molecule has 0 saturated carbocycles. The summed E-state index contributed by atoms with van der Waals surface area (Å²) in [6.45, 7) is 1.10. The highest BCUT2D eigenvalue weighted by Crippen LogP contribution is 2.32. The van der Waals surface area contributed by atoms with E-state index in [2.05, 4.69) is 0 Å². The monoisotopic (exact) mass is 295 g/mol. The molecule has 0 N–H and O–H groups in total. The topological polar surface area (TPSA) is 66.7 Å². The lowest BCUT2D eigenvalue weighted by atomic mass is 9.95. The minimum atomic E-state index is -0.622. The van der Waals surface area contributed by atoms with Crippen molar-refractivity contribution in [1.82, 2.24) is 4.90 Å². The highest BCUT2D eigenvalue weighted by atomic mass is 19.1. The van der Waals surface area contributed by atoms with Crippen LogP contribution in [0.4, 0.5) is 15.8 Å². The summed E-state index contributed by atoms with van der Waals surface area (Å²) in [6, 6.07) is 3.59. The Morgan fingerprint density at radius 2 is 2.00 bits per heavy atom. The molecule has 0 aromatic heterocycles. The van der Waals surface area contributed by atoms with Gasteiger partial charge in [0, 0.05) is 33.1 Å². The number of halogens is 1. The van der Waals surface area contributed by atoms with Crippen LogP contribution < -0.4 is 4.90 Å². The van der Waals surface area contributed by atoms with Gasteiger partial charge in [0.2, 0.25) is 5.91 Å². The van der Waals surface area contributed by atoms with Crippen LogP contribution in [0, 0.1) is 21.8 Å². The first-order chi connectivity index (χ1) is 9.90. The fraction of sp³-hybridized carbons (Fsp3) is 0.500. The summed E-state index contributed by atoms with van der Waals surface area (Å²) in [5.74, 6) is -0.581. The third-order valence-corrected chi connectivity index (χ3v) is 3.76. The van der Waals surface area contributed by atoms with E-state index in [1.807, 2.05) is 4.90 Å². The fourth-order valence-electron chi connectivity index (χ4n) is 2.64. The van der Waals surface area contributed by atoms with Crippen LogP contribution in [0.25, 0.3) is 0 Å². The van der Waals surface area contributed by atoms with E-state index in [-0.39, 0.29) is 17.5 Å². The summed E-state index contributed by atoms with van der Waals surface area (Å²) in [4.78, 5) is 25.8. The number of nitrogens with zero attached hydrogens (tertiary/aromatic N) is 3. The molecule has 0 spiro atoms. The first-order valence-corrected chi connectivity index (χ1v) is 6.80. The predicted octanol–water partition coefficient (Wildman–Crippen LogP) is 2.04. The molecule has 114 valence electrons. The van der Waals surface area contributed by atoms with Crippen LogP contribution in [0.1, 0.15) is 12.8 Å². The first kappa shape index (κ1) is 15.2. The summed E-state index contributed by atoms with van der Waals surface area (Å²) in [7, 11) is 3.44. The molecule has 1 fully saturated rings. The number of nitro benzene ring substituents is 1. The van der Waals surface area contributed by atoms with E-state index in [0.717, 1.165) is 6.07 Å². The molecule has 0 bridgehead atoms. The lowest BCUT2D eigenvalue weighted by molar-refractivity contribution is -0.384. The van der Waals surface area contributed by atoms with Gasteiger partial charge in [-0.15, -0.1) is 0 Å². The molecule has 1 aliphatic rings. The highest BCUT2D eigenvalue weighted by molar-refractivity contribution is 5.78. The van der Waals surface area contributed by atoms with Gasteiger partial charge in [-0.05, 0) is 25.0 Å². The van der Waals surface area contributed by atoms with Gasteiger partial charge in [0.05, 0.1) is 11.0 Å².